The van der Waals surface area contributed by atoms with E-state index in [0.717, 1.165) is 0 Å². The van der Waals surface area contributed by atoms with Gasteiger partial charge in [0.05, 0.1) is 12.9 Å². The van der Waals surface area contributed by atoms with E-state index in [0.29, 0.717) is 18.5 Å². The van der Waals surface area contributed by atoms with E-state index in [1.54, 1.807) is 0 Å². The maximum Gasteiger partial charge on any atom is 0.326 e. The monoisotopic (exact) mass is 851 g/mol. The van der Waals surface area contributed by atoms with Crippen LogP contribution in [0.4, 0.5) is 0 Å². The number of amides is 7. The Kier molecular flexibility index (Phi) is 23.5. The minimum Gasteiger partial charge on any atom is -0.480 e. The summed E-state index contributed by atoms with van der Waals surface area (Å²) in [4.78, 5) is 115. The van der Waals surface area contributed by atoms with Crippen LogP contribution in [0, 0.1) is 11.8 Å². The highest BCUT2D eigenvalue weighted by Gasteiger charge is 2.34. The molecule has 60 heavy (non-hydrogen) atoms. The van der Waals surface area contributed by atoms with Crippen molar-refractivity contribution in [2.45, 2.75) is 142 Å². The molecule has 7 amide bonds. The van der Waals surface area contributed by atoms with Crippen LogP contribution >= 0.6 is 0 Å². The molecule has 0 saturated carbocycles. The second-order valence-corrected chi connectivity index (χ2v) is 15.4. The highest BCUT2D eigenvalue weighted by molar-refractivity contribution is 5.97. The quantitative estimate of drug-likeness (QED) is 0.0242. The summed E-state index contributed by atoms with van der Waals surface area (Å²) in [5.41, 5.74) is 11.1. The number of aliphatic hydroxyl groups is 1. The molecule has 1 aromatic heterocycles. The Morgan fingerprint density at radius 3 is 1.65 bits per heavy atom. The third-order valence-electron chi connectivity index (χ3n) is 8.96. The summed E-state index contributed by atoms with van der Waals surface area (Å²) in [5.74, 6) is -6.74. The third-order valence-corrected chi connectivity index (χ3v) is 8.96. The van der Waals surface area contributed by atoms with Crippen LogP contribution in [0.5, 0.6) is 0 Å². The van der Waals surface area contributed by atoms with Gasteiger partial charge in [-0.05, 0) is 50.9 Å². The molecular weight excluding hydrogens is 784 g/mol. The molecule has 0 fully saturated rings. The Hall–Kier alpha value is -5.80. The molecule has 0 aliphatic heterocycles. The molecule has 7 atom stereocenters. The smallest absolute Gasteiger partial charge is 0.326 e. The van der Waals surface area contributed by atoms with Gasteiger partial charge in [0.2, 0.25) is 41.4 Å². The normalized spacial score (nSPS) is 14.6. The van der Waals surface area contributed by atoms with Gasteiger partial charge in [0, 0.05) is 31.8 Å². The molecule has 0 unspecified atom stereocenters. The van der Waals surface area contributed by atoms with E-state index in [4.69, 9.17) is 11.5 Å². The topological polar surface area (TPSA) is 354 Å². The van der Waals surface area contributed by atoms with E-state index in [1.165, 1.54) is 26.4 Å². The minimum atomic E-state index is -1.35. The molecule has 0 bridgehead atoms. The Morgan fingerprint density at radius 1 is 0.683 bits per heavy atom. The molecule has 14 N–H and O–H groups in total. The standard InChI is InChI=1S/C38H66N12O10/c1-8-9-11-25(46-35(57)29(16-24-17-41-19-43-24)50-36(58)30(18-51)45-23(7)52)32(54)48-28(15-21(4)5)34(56)49-27(14-20(2)3)33(55)44-22(6)31(53)47-26(37(59)60)12-10-13-42-38(39)40/h17,19-22,25-30,51H,8-16,18H2,1-7H3,(H,41,43)(H,44,55)(H,45,52)(H,46,57)(H,47,53)(H,48,54)(H,49,56)(H,50,58)(H,59,60)(H4,39,40,42)/t22-,25-,26-,27-,28-,29-,30-/m0/s1. The summed E-state index contributed by atoms with van der Waals surface area (Å²) >= 11 is 0. The Balaban J connectivity index is 3.23. The molecule has 0 aliphatic rings. The maximum absolute atomic E-state index is 13.9. The average molecular weight is 851 g/mol. The van der Waals surface area contributed by atoms with E-state index >= 15 is 0 Å². The van der Waals surface area contributed by atoms with Crippen LogP contribution in [-0.2, 0) is 44.8 Å². The maximum atomic E-state index is 13.9. The van der Waals surface area contributed by atoms with Crippen LogP contribution in [0.25, 0.3) is 0 Å². The number of aliphatic hydroxyl groups excluding tert-OH is 1. The summed E-state index contributed by atoms with van der Waals surface area (Å²) in [5, 5.41) is 37.2. The van der Waals surface area contributed by atoms with Crippen LogP contribution in [0.15, 0.2) is 17.5 Å². The lowest BCUT2D eigenvalue weighted by atomic mass is 9.99. The number of unbranched alkanes of at least 4 members (excludes halogenated alkanes) is 1. The van der Waals surface area contributed by atoms with E-state index < -0.39 is 96.2 Å². The highest BCUT2D eigenvalue weighted by Crippen LogP contribution is 2.12. The number of aliphatic carboxylic acids is 1. The fourth-order valence-electron chi connectivity index (χ4n) is 5.87. The summed E-state index contributed by atoms with van der Waals surface area (Å²) in [6.45, 7) is 11.1. The molecule has 22 nitrogen and oxygen atoms in total. The summed E-state index contributed by atoms with van der Waals surface area (Å²) < 4.78 is 0. The van der Waals surface area contributed by atoms with Crippen molar-refractivity contribution in [1.82, 2.24) is 47.2 Å². The fraction of sp³-hybridized carbons (Fsp3) is 0.684. The van der Waals surface area contributed by atoms with E-state index in [-0.39, 0.29) is 62.9 Å². The van der Waals surface area contributed by atoms with Gasteiger partial charge < -0.3 is 63.9 Å². The number of aliphatic imine (C=N–C) groups is 1. The van der Waals surface area contributed by atoms with Gasteiger partial charge in [0.25, 0.3) is 0 Å². The molecule has 1 heterocycles. The Labute approximate surface area is 350 Å². The summed E-state index contributed by atoms with van der Waals surface area (Å²) in [6, 6.07) is -8.59. The lowest BCUT2D eigenvalue weighted by Crippen LogP contribution is -2.60. The number of nitrogens with two attached hydrogens (primary N) is 2. The molecule has 0 aliphatic carbocycles. The molecular formula is C38H66N12O10. The number of nitrogens with zero attached hydrogens (tertiary/aromatic N) is 2. The number of aromatic nitrogens is 2. The van der Waals surface area contributed by atoms with E-state index in [1.807, 2.05) is 34.6 Å². The number of carbonyl (C=O) groups is 8. The van der Waals surface area contributed by atoms with Crippen molar-refractivity contribution in [3.63, 3.8) is 0 Å². The molecule has 22 heteroatoms. The van der Waals surface area contributed by atoms with Crippen molar-refractivity contribution in [1.29, 1.82) is 0 Å². The van der Waals surface area contributed by atoms with Crippen molar-refractivity contribution in [3.8, 4) is 0 Å². The SMILES string of the molecule is CCCC[C@H](NC(=O)[C@H](Cc1cnc[nH]1)NC(=O)[C@H](CO)NC(C)=O)C(=O)N[C@@H](CC(C)C)C(=O)N[C@@H](CC(C)C)C(=O)N[C@@H](C)C(=O)N[C@@H](CCCN=C(N)N)C(=O)O. The number of carboxylic acids is 1. The average Bonchev–Trinajstić information content (AvgIpc) is 3.68. The number of H-pyrrole nitrogens is 1. The van der Waals surface area contributed by atoms with Crippen LogP contribution < -0.4 is 48.7 Å². The van der Waals surface area contributed by atoms with Gasteiger partial charge in [-0.1, -0.05) is 47.5 Å². The summed E-state index contributed by atoms with van der Waals surface area (Å²) in [6.07, 6.45) is 4.62. The van der Waals surface area contributed by atoms with Crippen LogP contribution in [0.3, 0.4) is 0 Å². The predicted octanol–water partition coefficient (Wildman–Crippen LogP) is -2.20. The van der Waals surface area contributed by atoms with Crippen molar-refractivity contribution in [3.05, 3.63) is 18.2 Å². The van der Waals surface area contributed by atoms with Gasteiger partial charge in [-0.3, -0.25) is 38.6 Å². The minimum absolute atomic E-state index is 0.0177. The van der Waals surface area contributed by atoms with E-state index in [2.05, 4.69) is 52.2 Å². The van der Waals surface area contributed by atoms with Gasteiger partial charge in [-0.25, -0.2) is 9.78 Å². The number of hydrogen-bond donors (Lipinski definition) is 12. The van der Waals surface area contributed by atoms with E-state index in [9.17, 15) is 48.6 Å². The number of nitrogens with one attached hydrogen (secondary N) is 8. The largest absolute Gasteiger partial charge is 0.480 e. The number of aromatic amines is 1. The molecule has 0 spiro atoms. The first-order valence-electron chi connectivity index (χ1n) is 20.1. The molecule has 0 radical (unpaired) electrons. The molecule has 1 rings (SSSR count). The fourth-order valence-corrected chi connectivity index (χ4v) is 5.87. The number of imidazole rings is 1. The summed E-state index contributed by atoms with van der Waals surface area (Å²) in [7, 11) is 0. The lowest BCUT2D eigenvalue weighted by molar-refractivity contribution is -0.142. The Bertz CT molecular complexity index is 1600. The van der Waals surface area contributed by atoms with Crippen molar-refractivity contribution in [2.24, 2.45) is 28.3 Å². The molecule has 338 valence electrons. The van der Waals surface area contributed by atoms with Gasteiger partial charge in [-0.2, -0.15) is 0 Å². The zero-order valence-electron chi connectivity index (χ0n) is 35.6. The number of rotatable bonds is 28. The Morgan fingerprint density at radius 2 is 1.17 bits per heavy atom. The highest BCUT2D eigenvalue weighted by atomic mass is 16.4. The third kappa shape index (κ3) is 20.3. The van der Waals surface area contributed by atoms with Gasteiger partial charge in [-0.15, -0.1) is 0 Å². The van der Waals surface area contributed by atoms with Gasteiger partial charge >= 0.3 is 5.97 Å². The van der Waals surface area contributed by atoms with Crippen LogP contribution in [0.2, 0.25) is 0 Å². The number of carboxylic acid groups (broad SMARTS) is 1. The van der Waals surface area contributed by atoms with Crippen LogP contribution in [-0.4, -0.2) is 129 Å². The molecule has 1 aromatic rings. The zero-order valence-corrected chi connectivity index (χ0v) is 35.6. The molecule has 0 saturated heterocycles. The van der Waals surface area contributed by atoms with Gasteiger partial charge in [0.1, 0.15) is 42.3 Å². The first-order valence-corrected chi connectivity index (χ1v) is 20.1. The van der Waals surface area contributed by atoms with Crippen LogP contribution in [0.1, 0.15) is 99.1 Å². The second kappa shape index (κ2) is 27.1. The first-order chi connectivity index (χ1) is 28.2. The van der Waals surface area contributed by atoms with Crippen molar-refractivity contribution >= 4 is 53.3 Å². The second-order valence-electron chi connectivity index (χ2n) is 15.4. The van der Waals surface area contributed by atoms with Crippen molar-refractivity contribution in [2.75, 3.05) is 13.2 Å². The lowest BCUT2D eigenvalue weighted by Gasteiger charge is -2.28. The predicted molar refractivity (Wildman–Crippen MR) is 220 cm³/mol. The number of hydrogen-bond acceptors (Lipinski definition) is 11. The first kappa shape index (κ1) is 52.2. The number of carbonyl (C=O) groups excluding carboxylic acids is 7. The molecule has 0 aromatic carbocycles. The van der Waals surface area contributed by atoms with Gasteiger partial charge in [0.15, 0.2) is 5.96 Å². The van der Waals surface area contributed by atoms with Crippen molar-refractivity contribution < 1.29 is 48.6 Å². The number of guanidine groups is 1. The zero-order chi connectivity index (χ0) is 45.5.